The van der Waals surface area contributed by atoms with Crippen LogP contribution in [0, 0.1) is 0 Å². The number of benzene rings is 1. The molecule has 9 nitrogen and oxygen atoms in total. The number of carbonyl (C=O) groups excluding carboxylic acids is 1. The molecule has 27 heavy (non-hydrogen) atoms. The second-order valence-electron chi connectivity index (χ2n) is 6.25. The summed E-state index contributed by atoms with van der Waals surface area (Å²) in [5, 5.41) is 11.0. The first kappa shape index (κ1) is 18.7. The number of nitrogens with zero attached hydrogens (tertiary/aromatic N) is 6. The fourth-order valence-corrected chi connectivity index (χ4v) is 2.71. The van der Waals surface area contributed by atoms with Crippen molar-refractivity contribution in [2.45, 2.75) is 26.1 Å². The number of carbonyl (C=O) groups is 1. The van der Waals surface area contributed by atoms with Crippen molar-refractivity contribution in [2.24, 2.45) is 0 Å². The predicted molar refractivity (Wildman–Crippen MR) is 99.8 cm³/mol. The molecule has 1 N–H and O–H groups in total. The van der Waals surface area contributed by atoms with Crippen molar-refractivity contribution in [3.63, 3.8) is 0 Å². The Labute approximate surface area is 157 Å². The van der Waals surface area contributed by atoms with Crippen LogP contribution in [-0.2, 0) is 17.8 Å². The van der Waals surface area contributed by atoms with Gasteiger partial charge in [0.15, 0.2) is 5.82 Å². The van der Waals surface area contributed by atoms with Gasteiger partial charge in [-0.1, -0.05) is 12.1 Å². The van der Waals surface area contributed by atoms with E-state index in [-0.39, 0.29) is 12.1 Å². The molecule has 0 saturated carbocycles. The Kier molecular flexibility index (Phi) is 5.92. The normalized spacial score (nSPS) is 12.1. The molecule has 0 aliphatic rings. The lowest BCUT2D eigenvalue weighted by Gasteiger charge is -2.21. The molecule has 0 bridgehead atoms. The number of ether oxygens (including phenoxy) is 1. The molecular formula is C18H23N7O2. The largest absolute Gasteiger partial charge is 0.383 e. The van der Waals surface area contributed by atoms with Crippen LogP contribution in [-0.4, -0.2) is 56.4 Å². The third-order valence-corrected chi connectivity index (χ3v) is 4.15. The van der Waals surface area contributed by atoms with E-state index in [4.69, 9.17) is 4.74 Å². The zero-order valence-electron chi connectivity index (χ0n) is 15.7. The summed E-state index contributed by atoms with van der Waals surface area (Å²) in [6, 6.07) is 7.13. The molecule has 0 aliphatic heterocycles. The van der Waals surface area contributed by atoms with Gasteiger partial charge in [0.2, 0.25) is 0 Å². The molecule has 0 fully saturated rings. The summed E-state index contributed by atoms with van der Waals surface area (Å²) in [7, 11) is 3.36. The zero-order valence-corrected chi connectivity index (χ0v) is 15.7. The lowest BCUT2D eigenvalue weighted by molar-refractivity contribution is 0.184. The maximum atomic E-state index is 12.5. The predicted octanol–water partition coefficient (Wildman–Crippen LogP) is 1.77. The summed E-state index contributed by atoms with van der Waals surface area (Å²) < 4.78 is 6.95. The highest BCUT2D eigenvalue weighted by atomic mass is 16.5. The molecule has 0 aliphatic carbocycles. The first-order valence-electron chi connectivity index (χ1n) is 8.67. The van der Waals surface area contributed by atoms with Gasteiger partial charge in [0.1, 0.15) is 6.33 Å². The van der Waals surface area contributed by atoms with Crippen molar-refractivity contribution in [2.75, 3.05) is 20.8 Å². The maximum absolute atomic E-state index is 12.5. The average Bonchev–Trinajstić information content (AvgIpc) is 3.14. The molecule has 1 aromatic carbocycles. The van der Waals surface area contributed by atoms with E-state index in [1.807, 2.05) is 35.8 Å². The first-order chi connectivity index (χ1) is 13.1. The molecule has 0 saturated heterocycles. The number of hydrogen-bond donors (Lipinski definition) is 1. The van der Waals surface area contributed by atoms with Crippen molar-refractivity contribution < 1.29 is 9.53 Å². The van der Waals surface area contributed by atoms with E-state index in [1.54, 1.807) is 31.6 Å². The number of urea groups is 1. The number of hydrogen-bond acceptors (Lipinski definition) is 6. The second-order valence-corrected chi connectivity index (χ2v) is 6.25. The fourth-order valence-electron chi connectivity index (χ4n) is 2.71. The van der Waals surface area contributed by atoms with Crippen molar-refractivity contribution in [3.8, 4) is 0 Å². The van der Waals surface area contributed by atoms with Crippen LogP contribution in [0.25, 0.3) is 11.0 Å². The molecule has 9 heteroatoms. The topological polar surface area (TPSA) is 98.1 Å². The summed E-state index contributed by atoms with van der Waals surface area (Å²) >= 11 is 0. The van der Waals surface area contributed by atoms with Gasteiger partial charge in [-0.3, -0.25) is 4.98 Å². The minimum atomic E-state index is -0.290. The van der Waals surface area contributed by atoms with Crippen LogP contribution in [0.15, 0.2) is 36.8 Å². The van der Waals surface area contributed by atoms with Gasteiger partial charge in [-0.25, -0.2) is 9.78 Å². The standard InChI is InChI=1S/C18H23N7O2/c1-13(17-23-20-12-25(17)8-9-27-3)21-18(26)24(2)11-14-10-19-15-6-4-5-7-16(15)22-14/h4-7,10,12-13H,8-9,11H2,1-3H3,(H,21,26)/t13-/m1/s1. The molecule has 3 rings (SSSR count). The van der Waals surface area contributed by atoms with Crippen LogP contribution in [0.2, 0.25) is 0 Å². The van der Waals surface area contributed by atoms with E-state index in [9.17, 15) is 4.79 Å². The number of rotatable bonds is 7. The van der Waals surface area contributed by atoms with Crippen molar-refractivity contribution in [1.82, 2.24) is 34.9 Å². The van der Waals surface area contributed by atoms with Crippen LogP contribution in [0.4, 0.5) is 4.79 Å². The second kappa shape index (κ2) is 8.54. The third kappa shape index (κ3) is 4.56. The lowest BCUT2D eigenvalue weighted by Crippen LogP contribution is -2.39. The molecule has 2 amide bonds. The van der Waals surface area contributed by atoms with Crippen molar-refractivity contribution in [1.29, 1.82) is 0 Å². The highest BCUT2D eigenvalue weighted by Gasteiger charge is 2.18. The van der Waals surface area contributed by atoms with Gasteiger partial charge in [0.05, 0.1) is 42.1 Å². The van der Waals surface area contributed by atoms with Gasteiger partial charge in [0, 0.05) is 20.7 Å². The molecule has 3 aromatic rings. The highest BCUT2D eigenvalue weighted by Crippen LogP contribution is 2.12. The van der Waals surface area contributed by atoms with Gasteiger partial charge in [0.25, 0.3) is 0 Å². The fraction of sp³-hybridized carbons (Fsp3) is 0.389. The smallest absolute Gasteiger partial charge is 0.318 e. The Balaban J connectivity index is 1.62. The summed E-state index contributed by atoms with van der Waals surface area (Å²) in [5.74, 6) is 0.680. The molecule has 2 heterocycles. The van der Waals surface area contributed by atoms with Gasteiger partial charge < -0.3 is 19.5 Å². The van der Waals surface area contributed by atoms with E-state index in [0.29, 0.717) is 25.5 Å². The van der Waals surface area contributed by atoms with Gasteiger partial charge in [-0.05, 0) is 19.1 Å². The van der Waals surface area contributed by atoms with Crippen molar-refractivity contribution >= 4 is 17.1 Å². The number of para-hydroxylation sites is 2. The Bertz CT molecular complexity index is 911. The van der Waals surface area contributed by atoms with Gasteiger partial charge in [-0.15, -0.1) is 10.2 Å². The number of fused-ring (bicyclic) bond motifs is 1. The lowest BCUT2D eigenvalue weighted by atomic mass is 10.3. The van der Waals surface area contributed by atoms with E-state index in [2.05, 4.69) is 25.5 Å². The SMILES string of the molecule is COCCn1cnnc1[C@@H](C)NC(=O)N(C)Cc1cnc2ccccc2n1. The molecule has 0 radical (unpaired) electrons. The summed E-state index contributed by atoms with van der Waals surface area (Å²) in [5.41, 5.74) is 2.36. The molecular weight excluding hydrogens is 346 g/mol. The van der Waals surface area contributed by atoms with Gasteiger partial charge in [-0.2, -0.15) is 0 Å². The molecule has 0 spiro atoms. The summed E-state index contributed by atoms with van der Waals surface area (Å²) in [6.07, 6.45) is 3.32. The number of amides is 2. The molecule has 142 valence electrons. The van der Waals surface area contributed by atoms with Crippen LogP contribution in [0.5, 0.6) is 0 Å². The van der Waals surface area contributed by atoms with Crippen molar-refractivity contribution in [3.05, 3.63) is 48.3 Å². The van der Waals surface area contributed by atoms with Gasteiger partial charge >= 0.3 is 6.03 Å². The molecule has 1 atom stereocenters. The average molecular weight is 369 g/mol. The monoisotopic (exact) mass is 369 g/mol. The van der Waals surface area contributed by atoms with Crippen LogP contribution < -0.4 is 5.32 Å². The summed E-state index contributed by atoms with van der Waals surface area (Å²) in [4.78, 5) is 23.0. The minimum absolute atomic E-state index is 0.223. The van der Waals surface area contributed by atoms with Crippen LogP contribution >= 0.6 is 0 Å². The van der Waals surface area contributed by atoms with Crippen LogP contribution in [0.3, 0.4) is 0 Å². The maximum Gasteiger partial charge on any atom is 0.318 e. The van der Waals surface area contributed by atoms with E-state index in [0.717, 1.165) is 16.7 Å². The highest BCUT2D eigenvalue weighted by molar-refractivity contribution is 5.75. The Hall–Kier alpha value is -3.07. The van der Waals surface area contributed by atoms with Crippen LogP contribution in [0.1, 0.15) is 24.5 Å². The minimum Gasteiger partial charge on any atom is -0.383 e. The first-order valence-corrected chi connectivity index (χ1v) is 8.67. The quantitative estimate of drug-likeness (QED) is 0.682. The summed E-state index contributed by atoms with van der Waals surface area (Å²) in [6.45, 7) is 3.40. The van der Waals surface area contributed by atoms with E-state index < -0.39 is 0 Å². The Morgan fingerprint density at radius 2 is 2.11 bits per heavy atom. The molecule has 2 aromatic heterocycles. The number of methoxy groups -OCH3 is 1. The number of aromatic nitrogens is 5. The Morgan fingerprint density at radius 3 is 2.89 bits per heavy atom. The third-order valence-electron chi connectivity index (χ3n) is 4.15. The number of nitrogens with one attached hydrogen (secondary N) is 1. The van der Waals surface area contributed by atoms with E-state index >= 15 is 0 Å². The van der Waals surface area contributed by atoms with E-state index in [1.165, 1.54) is 0 Å². The zero-order chi connectivity index (χ0) is 19.2. The Morgan fingerprint density at radius 1 is 1.33 bits per heavy atom. The molecule has 0 unspecified atom stereocenters.